The number of nitrogens with zero attached hydrogens (tertiary/aromatic N) is 1. The van der Waals surface area contributed by atoms with Crippen LogP contribution in [0.3, 0.4) is 0 Å². The highest BCUT2D eigenvalue weighted by atomic mass is 35.5. The molecule has 0 fully saturated rings. The Morgan fingerprint density at radius 3 is 2.63 bits per heavy atom. The number of aryl methyl sites for hydroxylation is 2. The van der Waals surface area contributed by atoms with Crippen molar-refractivity contribution in [1.29, 1.82) is 0 Å². The molecule has 0 aliphatic rings. The average molecular weight is 465 g/mol. The van der Waals surface area contributed by atoms with Crippen molar-refractivity contribution in [1.82, 2.24) is 19.7 Å². The zero-order chi connectivity index (χ0) is 20.6. The molecule has 0 amide bonds. The minimum Gasteiger partial charge on any atom is -0.341 e. The molecule has 0 spiro atoms. The van der Waals surface area contributed by atoms with Crippen LogP contribution in [0.1, 0.15) is 24.0 Å². The topological polar surface area (TPSA) is 108 Å². The van der Waals surface area contributed by atoms with Crippen molar-refractivity contribution < 1.29 is 8.42 Å². The molecule has 30 heavy (non-hydrogen) atoms. The van der Waals surface area contributed by atoms with E-state index in [1.54, 1.807) is 12.1 Å². The molecule has 3 N–H and O–H groups in total. The summed E-state index contributed by atoms with van der Waals surface area (Å²) in [6.45, 7) is 3.79. The SMILES string of the molecule is CCc1cc(-c2ccc(S(=O)(=O)NCc3nc4ccccc4[nH]3)s2)c(C)[nH]c1=O.Cl. The van der Waals surface area contributed by atoms with E-state index in [1.807, 2.05) is 44.2 Å². The first kappa shape index (κ1) is 22.2. The summed E-state index contributed by atoms with van der Waals surface area (Å²) >= 11 is 1.17. The maximum absolute atomic E-state index is 12.7. The van der Waals surface area contributed by atoms with Gasteiger partial charge in [0.1, 0.15) is 10.0 Å². The highest BCUT2D eigenvalue weighted by Crippen LogP contribution is 2.32. The summed E-state index contributed by atoms with van der Waals surface area (Å²) in [6.07, 6.45) is 0.609. The number of thiophene rings is 1. The Hall–Kier alpha value is -2.46. The molecule has 0 radical (unpaired) electrons. The first-order valence-electron chi connectivity index (χ1n) is 9.13. The summed E-state index contributed by atoms with van der Waals surface area (Å²) in [6, 6.07) is 12.7. The van der Waals surface area contributed by atoms with Crippen molar-refractivity contribution in [3.8, 4) is 10.4 Å². The Morgan fingerprint density at radius 1 is 1.13 bits per heavy atom. The van der Waals surface area contributed by atoms with Crippen LogP contribution in [-0.2, 0) is 23.0 Å². The van der Waals surface area contributed by atoms with Crippen molar-refractivity contribution >= 4 is 44.8 Å². The van der Waals surface area contributed by atoms with E-state index >= 15 is 0 Å². The Morgan fingerprint density at radius 2 is 1.90 bits per heavy atom. The van der Waals surface area contributed by atoms with Crippen molar-refractivity contribution in [2.75, 3.05) is 0 Å². The van der Waals surface area contributed by atoms with Gasteiger partial charge in [0, 0.05) is 21.7 Å². The number of aromatic amines is 2. The van der Waals surface area contributed by atoms with Gasteiger partial charge in [0.15, 0.2) is 0 Å². The van der Waals surface area contributed by atoms with Crippen molar-refractivity contribution in [3.63, 3.8) is 0 Å². The zero-order valence-electron chi connectivity index (χ0n) is 16.4. The normalized spacial score (nSPS) is 11.5. The fourth-order valence-corrected chi connectivity index (χ4v) is 5.53. The van der Waals surface area contributed by atoms with E-state index in [4.69, 9.17) is 0 Å². The van der Waals surface area contributed by atoms with Crippen LogP contribution >= 0.6 is 23.7 Å². The summed E-state index contributed by atoms with van der Waals surface area (Å²) < 4.78 is 28.3. The highest BCUT2D eigenvalue weighted by molar-refractivity contribution is 7.91. The zero-order valence-corrected chi connectivity index (χ0v) is 18.8. The smallest absolute Gasteiger partial charge is 0.251 e. The fraction of sp³-hybridized carbons (Fsp3) is 0.200. The van der Waals surface area contributed by atoms with Crippen LogP contribution < -0.4 is 10.3 Å². The molecular formula is C20H21ClN4O3S2. The molecule has 0 saturated carbocycles. The number of imidazole rings is 1. The molecular weight excluding hydrogens is 444 g/mol. The van der Waals surface area contributed by atoms with Gasteiger partial charge in [-0.15, -0.1) is 23.7 Å². The minimum atomic E-state index is -3.68. The molecule has 3 aromatic heterocycles. The van der Waals surface area contributed by atoms with Gasteiger partial charge >= 0.3 is 0 Å². The molecule has 158 valence electrons. The number of fused-ring (bicyclic) bond motifs is 1. The Balaban J connectivity index is 0.00000256. The molecule has 0 unspecified atom stereocenters. The quantitative estimate of drug-likeness (QED) is 0.403. The van der Waals surface area contributed by atoms with Crippen molar-refractivity contribution in [2.24, 2.45) is 0 Å². The second-order valence-corrected chi connectivity index (χ2v) is 9.74. The van der Waals surface area contributed by atoms with E-state index in [2.05, 4.69) is 19.7 Å². The monoisotopic (exact) mass is 464 g/mol. The standard InChI is InChI=1S/C20H20N4O3S2.ClH/c1-3-13-10-14(12(2)22-20(13)25)17-8-9-19(28-17)29(26,27)21-11-18-23-15-6-4-5-7-16(15)24-18;/h4-10,21H,3,11H2,1-2H3,(H,22,25)(H,23,24);1H. The second-order valence-electron chi connectivity index (χ2n) is 6.66. The lowest BCUT2D eigenvalue weighted by atomic mass is 10.1. The molecule has 0 aliphatic carbocycles. The molecule has 3 heterocycles. The molecule has 7 nitrogen and oxygen atoms in total. The Bertz CT molecular complexity index is 1320. The van der Waals surface area contributed by atoms with Gasteiger partial charge in [-0.3, -0.25) is 4.79 Å². The van der Waals surface area contributed by atoms with Crippen LogP contribution in [0, 0.1) is 6.92 Å². The first-order chi connectivity index (χ1) is 13.9. The van der Waals surface area contributed by atoms with Crippen LogP contribution in [0.2, 0.25) is 0 Å². The number of sulfonamides is 1. The number of para-hydroxylation sites is 2. The van der Waals surface area contributed by atoms with Crippen LogP contribution in [-0.4, -0.2) is 23.4 Å². The first-order valence-corrected chi connectivity index (χ1v) is 11.4. The molecule has 4 aromatic rings. The van der Waals surface area contributed by atoms with Gasteiger partial charge in [-0.25, -0.2) is 18.1 Å². The van der Waals surface area contributed by atoms with E-state index in [9.17, 15) is 13.2 Å². The number of rotatable bonds is 6. The van der Waals surface area contributed by atoms with Crippen molar-refractivity contribution in [3.05, 3.63) is 69.9 Å². The van der Waals surface area contributed by atoms with Gasteiger partial charge in [0.25, 0.3) is 5.56 Å². The lowest BCUT2D eigenvalue weighted by Crippen LogP contribution is -2.22. The van der Waals surface area contributed by atoms with Crippen molar-refractivity contribution in [2.45, 2.75) is 31.0 Å². The van der Waals surface area contributed by atoms with Gasteiger partial charge in [-0.1, -0.05) is 19.1 Å². The van der Waals surface area contributed by atoms with Gasteiger partial charge < -0.3 is 9.97 Å². The van der Waals surface area contributed by atoms with E-state index in [0.29, 0.717) is 23.5 Å². The predicted molar refractivity (Wildman–Crippen MR) is 122 cm³/mol. The third-order valence-electron chi connectivity index (χ3n) is 4.68. The lowest BCUT2D eigenvalue weighted by molar-refractivity contribution is 0.582. The number of hydrogen-bond donors (Lipinski definition) is 3. The van der Waals surface area contributed by atoms with Crippen LogP contribution in [0.25, 0.3) is 21.5 Å². The predicted octanol–water partition coefficient (Wildman–Crippen LogP) is 3.75. The highest BCUT2D eigenvalue weighted by Gasteiger charge is 2.19. The minimum absolute atomic E-state index is 0. The summed E-state index contributed by atoms with van der Waals surface area (Å²) in [4.78, 5) is 23.1. The van der Waals surface area contributed by atoms with Gasteiger partial charge in [0.2, 0.25) is 10.0 Å². The van der Waals surface area contributed by atoms with E-state index in [-0.39, 0.29) is 28.7 Å². The number of nitrogens with one attached hydrogen (secondary N) is 3. The van der Waals surface area contributed by atoms with E-state index in [1.165, 1.54) is 11.3 Å². The van der Waals surface area contributed by atoms with Gasteiger partial charge in [0.05, 0.1) is 17.6 Å². The third kappa shape index (κ3) is 4.34. The molecule has 1 aromatic carbocycles. The molecule has 0 atom stereocenters. The third-order valence-corrected chi connectivity index (χ3v) is 7.69. The number of benzene rings is 1. The number of halogens is 1. The Kier molecular flexibility index (Phi) is 6.47. The van der Waals surface area contributed by atoms with E-state index < -0.39 is 10.0 Å². The fourth-order valence-electron chi connectivity index (χ4n) is 3.12. The number of H-pyrrole nitrogens is 2. The average Bonchev–Trinajstić information content (AvgIpc) is 3.34. The summed E-state index contributed by atoms with van der Waals surface area (Å²) in [7, 11) is -3.68. The second kappa shape index (κ2) is 8.73. The summed E-state index contributed by atoms with van der Waals surface area (Å²) in [5.74, 6) is 0.552. The molecule has 0 aliphatic heterocycles. The summed E-state index contributed by atoms with van der Waals surface area (Å²) in [5, 5.41) is 0. The van der Waals surface area contributed by atoms with E-state index in [0.717, 1.165) is 21.5 Å². The summed E-state index contributed by atoms with van der Waals surface area (Å²) in [5.41, 5.74) is 3.77. The van der Waals surface area contributed by atoms with Crippen LogP contribution in [0.15, 0.2) is 51.5 Å². The molecule has 0 bridgehead atoms. The Labute approximate surface area is 184 Å². The van der Waals surface area contributed by atoms with Gasteiger partial charge in [-0.2, -0.15) is 0 Å². The molecule has 0 saturated heterocycles. The lowest BCUT2D eigenvalue weighted by Gasteiger charge is -2.06. The van der Waals surface area contributed by atoms with Crippen LogP contribution in [0.5, 0.6) is 0 Å². The van der Waals surface area contributed by atoms with Gasteiger partial charge in [-0.05, 0) is 43.7 Å². The largest absolute Gasteiger partial charge is 0.341 e. The molecule has 4 rings (SSSR count). The number of pyridine rings is 1. The maximum atomic E-state index is 12.7. The van der Waals surface area contributed by atoms with Crippen LogP contribution in [0.4, 0.5) is 0 Å². The number of aromatic nitrogens is 3. The number of hydrogen-bond acceptors (Lipinski definition) is 5. The molecule has 10 heteroatoms. The maximum Gasteiger partial charge on any atom is 0.251 e.